The Labute approximate surface area is 173 Å². The molecule has 0 aliphatic carbocycles. The van der Waals surface area contributed by atoms with E-state index in [0.29, 0.717) is 15.4 Å². The third-order valence-electron chi connectivity index (χ3n) is 4.13. The lowest BCUT2D eigenvalue weighted by atomic mass is 10.2. The molecule has 0 spiro atoms. The maximum absolute atomic E-state index is 14.2. The van der Waals surface area contributed by atoms with Gasteiger partial charge in [0.1, 0.15) is 15.6 Å². The van der Waals surface area contributed by atoms with Gasteiger partial charge in [-0.3, -0.25) is 4.79 Å². The average molecular weight is 443 g/mol. The Morgan fingerprint density at radius 3 is 2.41 bits per heavy atom. The zero-order valence-corrected chi connectivity index (χ0v) is 18.2. The molecule has 0 saturated carbocycles. The summed E-state index contributed by atoms with van der Waals surface area (Å²) in [5.74, 6) is -2.02. The number of sulfonamides is 1. The summed E-state index contributed by atoms with van der Waals surface area (Å²) in [6, 6.07) is 4.80. The fraction of sp³-hybridized carbons (Fsp3) is 0.368. The summed E-state index contributed by atoms with van der Waals surface area (Å²) < 4.78 is 45.6. The summed E-state index contributed by atoms with van der Waals surface area (Å²) >= 11 is 1.05. The van der Waals surface area contributed by atoms with E-state index in [9.17, 15) is 22.4 Å². The van der Waals surface area contributed by atoms with Crippen molar-refractivity contribution >= 4 is 38.2 Å². The Hall–Kier alpha value is -2.30. The first-order valence-corrected chi connectivity index (χ1v) is 11.3. The van der Waals surface area contributed by atoms with Gasteiger partial charge in [-0.25, -0.2) is 17.6 Å². The number of rotatable bonds is 8. The monoisotopic (exact) mass is 442 g/mol. The Morgan fingerprint density at radius 1 is 1.17 bits per heavy atom. The van der Waals surface area contributed by atoms with E-state index >= 15 is 0 Å². The Morgan fingerprint density at radius 2 is 1.83 bits per heavy atom. The highest BCUT2D eigenvalue weighted by Gasteiger charge is 2.26. The van der Waals surface area contributed by atoms with Gasteiger partial charge in [0, 0.05) is 18.7 Å². The van der Waals surface area contributed by atoms with Crippen molar-refractivity contribution in [3.05, 3.63) is 46.1 Å². The van der Waals surface area contributed by atoms with Crippen LogP contribution in [0.2, 0.25) is 0 Å². The minimum atomic E-state index is -4.06. The predicted molar refractivity (Wildman–Crippen MR) is 109 cm³/mol. The van der Waals surface area contributed by atoms with Gasteiger partial charge < -0.3 is 10.1 Å². The van der Waals surface area contributed by atoms with Crippen molar-refractivity contribution in [2.75, 3.05) is 25.0 Å². The second-order valence-electron chi connectivity index (χ2n) is 6.03. The number of ether oxygens (including phenoxy) is 1. The van der Waals surface area contributed by atoms with Crippen LogP contribution >= 0.6 is 11.3 Å². The van der Waals surface area contributed by atoms with Crippen LogP contribution in [0.1, 0.15) is 46.4 Å². The number of hydrogen-bond acceptors (Lipinski definition) is 6. The fourth-order valence-corrected chi connectivity index (χ4v) is 5.18. The topological polar surface area (TPSA) is 92.8 Å². The van der Waals surface area contributed by atoms with Gasteiger partial charge in [-0.15, -0.1) is 11.3 Å². The van der Waals surface area contributed by atoms with Crippen LogP contribution in [0.25, 0.3) is 0 Å². The number of hydrogen-bond donors (Lipinski definition) is 1. The van der Waals surface area contributed by atoms with Crippen LogP contribution in [-0.2, 0) is 14.8 Å². The summed E-state index contributed by atoms with van der Waals surface area (Å²) in [4.78, 5) is 24.3. The van der Waals surface area contributed by atoms with E-state index in [1.54, 1.807) is 33.8 Å². The number of aryl methyl sites for hydroxylation is 1. The van der Waals surface area contributed by atoms with E-state index in [1.807, 2.05) is 0 Å². The molecule has 1 aromatic carbocycles. The van der Waals surface area contributed by atoms with E-state index in [0.717, 1.165) is 27.8 Å². The SMILES string of the molecule is CCOC(=O)c1sc(NC(=O)c2ccc(F)c(S(=O)(=O)N(CC)CC)c2)cc1C. The van der Waals surface area contributed by atoms with Crippen LogP contribution in [-0.4, -0.2) is 44.3 Å². The van der Waals surface area contributed by atoms with Gasteiger partial charge in [0.05, 0.1) is 11.6 Å². The Kier molecular flexibility index (Phi) is 7.50. The number of amides is 1. The van der Waals surface area contributed by atoms with Crippen LogP contribution in [0, 0.1) is 12.7 Å². The highest BCUT2D eigenvalue weighted by Crippen LogP contribution is 2.28. The zero-order valence-electron chi connectivity index (χ0n) is 16.6. The van der Waals surface area contributed by atoms with Gasteiger partial charge in [-0.1, -0.05) is 13.8 Å². The molecule has 0 aliphatic rings. The van der Waals surface area contributed by atoms with Crippen LogP contribution in [0.3, 0.4) is 0 Å². The number of anilines is 1. The molecule has 1 aromatic heterocycles. The van der Waals surface area contributed by atoms with Gasteiger partial charge >= 0.3 is 5.97 Å². The first-order chi connectivity index (χ1) is 13.6. The molecule has 1 amide bonds. The summed E-state index contributed by atoms with van der Waals surface area (Å²) in [5, 5.41) is 3.01. The first-order valence-electron chi connectivity index (χ1n) is 9.04. The number of carbonyl (C=O) groups is 2. The summed E-state index contributed by atoms with van der Waals surface area (Å²) in [5.41, 5.74) is 0.633. The molecule has 0 bridgehead atoms. The lowest BCUT2D eigenvalue weighted by Gasteiger charge is -2.19. The number of nitrogens with zero attached hydrogens (tertiary/aromatic N) is 1. The molecule has 10 heteroatoms. The maximum Gasteiger partial charge on any atom is 0.348 e. The van der Waals surface area contributed by atoms with Gasteiger partial charge in [0.2, 0.25) is 10.0 Å². The normalized spacial score (nSPS) is 11.5. The second kappa shape index (κ2) is 9.47. The zero-order chi connectivity index (χ0) is 21.8. The number of benzene rings is 1. The Bertz CT molecular complexity index is 1010. The van der Waals surface area contributed by atoms with Crippen molar-refractivity contribution in [2.45, 2.75) is 32.6 Å². The molecule has 0 aliphatic heterocycles. The maximum atomic E-state index is 14.2. The lowest BCUT2D eigenvalue weighted by molar-refractivity contribution is 0.0531. The van der Waals surface area contributed by atoms with Crippen molar-refractivity contribution < 1.29 is 27.1 Å². The van der Waals surface area contributed by atoms with Crippen molar-refractivity contribution in [3.8, 4) is 0 Å². The van der Waals surface area contributed by atoms with Crippen LogP contribution in [0.5, 0.6) is 0 Å². The highest BCUT2D eigenvalue weighted by atomic mass is 32.2. The van der Waals surface area contributed by atoms with Gasteiger partial charge in [0.15, 0.2) is 0 Å². The van der Waals surface area contributed by atoms with E-state index < -0.39 is 32.6 Å². The first kappa shape index (κ1) is 23.0. The average Bonchev–Trinajstić information content (AvgIpc) is 3.03. The van der Waals surface area contributed by atoms with Crippen molar-refractivity contribution in [1.29, 1.82) is 0 Å². The van der Waals surface area contributed by atoms with Crippen molar-refractivity contribution in [3.63, 3.8) is 0 Å². The number of nitrogens with one attached hydrogen (secondary N) is 1. The van der Waals surface area contributed by atoms with Gasteiger partial charge in [-0.2, -0.15) is 4.31 Å². The minimum absolute atomic E-state index is 0.0131. The molecular formula is C19H23FN2O5S2. The lowest BCUT2D eigenvalue weighted by Crippen LogP contribution is -2.31. The Balaban J connectivity index is 2.31. The quantitative estimate of drug-likeness (QED) is 0.630. The van der Waals surface area contributed by atoms with Crippen LogP contribution in [0.15, 0.2) is 29.2 Å². The summed E-state index contributed by atoms with van der Waals surface area (Å²) in [6.07, 6.45) is 0. The molecule has 2 rings (SSSR count). The van der Waals surface area contributed by atoms with Crippen LogP contribution in [0.4, 0.5) is 9.39 Å². The molecular weight excluding hydrogens is 419 g/mol. The summed E-state index contributed by atoms with van der Waals surface area (Å²) in [7, 11) is -4.06. The molecule has 1 N–H and O–H groups in total. The van der Waals surface area contributed by atoms with E-state index in [-0.39, 0.29) is 25.3 Å². The number of carbonyl (C=O) groups excluding carboxylic acids is 2. The standard InChI is InChI=1S/C19H23FN2O5S2/c1-5-22(6-2)29(25,26)15-11-13(8-9-14(15)20)18(23)21-16-10-12(4)17(28-16)19(24)27-7-3/h8-11H,5-7H2,1-4H3,(H,21,23). The molecule has 0 radical (unpaired) electrons. The highest BCUT2D eigenvalue weighted by molar-refractivity contribution is 7.89. The van der Waals surface area contributed by atoms with Gasteiger partial charge in [0.25, 0.3) is 5.91 Å². The van der Waals surface area contributed by atoms with E-state index in [2.05, 4.69) is 5.32 Å². The predicted octanol–water partition coefficient (Wildman–Crippen LogP) is 3.66. The van der Waals surface area contributed by atoms with E-state index in [1.165, 1.54) is 6.07 Å². The molecule has 1 heterocycles. The molecule has 158 valence electrons. The molecule has 7 nitrogen and oxygen atoms in total. The molecule has 0 fully saturated rings. The van der Waals surface area contributed by atoms with Crippen LogP contribution < -0.4 is 5.32 Å². The number of thiophene rings is 1. The van der Waals surface area contributed by atoms with E-state index in [4.69, 9.17) is 4.74 Å². The third kappa shape index (κ3) is 5.01. The molecule has 2 aromatic rings. The molecule has 29 heavy (non-hydrogen) atoms. The third-order valence-corrected chi connectivity index (χ3v) is 7.33. The van der Waals surface area contributed by atoms with Crippen molar-refractivity contribution in [1.82, 2.24) is 4.31 Å². The molecule has 0 atom stereocenters. The largest absolute Gasteiger partial charge is 0.462 e. The number of esters is 1. The fourth-order valence-electron chi connectivity index (χ4n) is 2.67. The summed E-state index contributed by atoms with van der Waals surface area (Å²) in [6.45, 7) is 7.30. The van der Waals surface area contributed by atoms with Crippen molar-refractivity contribution in [2.24, 2.45) is 0 Å². The second-order valence-corrected chi connectivity index (χ2v) is 8.99. The number of halogens is 1. The molecule has 0 saturated heterocycles. The smallest absolute Gasteiger partial charge is 0.348 e. The molecule has 0 unspecified atom stereocenters. The minimum Gasteiger partial charge on any atom is -0.462 e. The van der Waals surface area contributed by atoms with Gasteiger partial charge in [-0.05, 0) is 43.7 Å².